The molecule has 1 aromatic rings. The number of carboxylic acid groups (broad SMARTS) is 1. The molecule has 1 aromatic carbocycles. The molecule has 7 nitrogen and oxygen atoms in total. The molecule has 1 saturated heterocycles. The van der Waals surface area contributed by atoms with Crippen LogP contribution in [-0.2, 0) is 11.3 Å². The summed E-state index contributed by atoms with van der Waals surface area (Å²) in [7, 11) is 0. The molecular formula is C14H18N2O5. The second-order valence-electron chi connectivity index (χ2n) is 4.94. The number of carbonyl (C=O) groups is 2. The van der Waals surface area contributed by atoms with Gasteiger partial charge in [-0.1, -0.05) is 30.3 Å². The minimum atomic E-state index is -1.06. The fourth-order valence-corrected chi connectivity index (χ4v) is 2.29. The molecule has 7 heteroatoms. The molecule has 0 aliphatic carbocycles. The molecule has 0 aromatic heterocycles. The van der Waals surface area contributed by atoms with Gasteiger partial charge in [0.05, 0.1) is 6.04 Å². The summed E-state index contributed by atoms with van der Waals surface area (Å²) in [5.74, 6) is -0.314. The van der Waals surface area contributed by atoms with Gasteiger partial charge in [-0.2, -0.15) is 0 Å². The number of rotatable bonds is 4. The Morgan fingerprint density at radius 2 is 2.00 bits per heavy atom. The minimum Gasteiger partial charge on any atom is -0.465 e. The van der Waals surface area contributed by atoms with Crippen LogP contribution >= 0.6 is 0 Å². The molecule has 2 rings (SSSR count). The highest BCUT2D eigenvalue weighted by Gasteiger charge is 2.36. The Morgan fingerprint density at radius 1 is 1.29 bits per heavy atom. The Hall–Kier alpha value is -2.28. The average molecular weight is 294 g/mol. The number of hydrogen-bond donors (Lipinski definition) is 3. The Morgan fingerprint density at radius 3 is 2.62 bits per heavy atom. The molecule has 1 fully saturated rings. The zero-order chi connectivity index (χ0) is 15.2. The maximum absolute atomic E-state index is 11.7. The zero-order valence-corrected chi connectivity index (χ0v) is 11.4. The number of nitrogens with zero attached hydrogens (tertiary/aromatic N) is 1. The molecule has 2 atom stereocenters. The lowest BCUT2D eigenvalue weighted by Crippen LogP contribution is -2.42. The third-order valence-corrected chi connectivity index (χ3v) is 3.46. The molecule has 0 spiro atoms. The number of likely N-dealkylation sites (tertiary alicyclic amines) is 1. The molecule has 1 heterocycles. The lowest BCUT2D eigenvalue weighted by atomic mass is 10.1. The standard InChI is InChI=1S/C14H18N2O5/c17-8-11-6-16(14(19)20)7-12(11)15-13(18)21-9-10-4-2-1-3-5-10/h1-5,11-12,17H,6-9H2,(H,15,18)(H,19,20)/t11-,12?/m1/s1. The van der Waals surface area contributed by atoms with Crippen molar-refractivity contribution in [3.63, 3.8) is 0 Å². The fraction of sp³-hybridized carbons (Fsp3) is 0.429. The van der Waals surface area contributed by atoms with Crippen molar-refractivity contribution in [1.82, 2.24) is 10.2 Å². The van der Waals surface area contributed by atoms with Crippen molar-refractivity contribution in [2.24, 2.45) is 5.92 Å². The smallest absolute Gasteiger partial charge is 0.407 e. The lowest BCUT2D eigenvalue weighted by molar-refractivity contribution is 0.130. The summed E-state index contributed by atoms with van der Waals surface area (Å²) in [6.45, 7) is 0.315. The first kappa shape index (κ1) is 15.1. The van der Waals surface area contributed by atoms with Gasteiger partial charge in [0.1, 0.15) is 6.61 Å². The predicted octanol–water partition coefficient (Wildman–Crippen LogP) is 0.883. The first-order valence-electron chi connectivity index (χ1n) is 6.66. The molecule has 21 heavy (non-hydrogen) atoms. The molecule has 0 bridgehead atoms. The van der Waals surface area contributed by atoms with E-state index in [1.807, 2.05) is 30.3 Å². The van der Waals surface area contributed by atoms with Crippen LogP contribution in [0.15, 0.2) is 30.3 Å². The Bertz CT molecular complexity index is 493. The summed E-state index contributed by atoms with van der Waals surface area (Å²) in [6.07, 6.45) is -1.68. The summed E-state index contributed by atoms with van der Waals surface area (Å²) < 4.78 is 5.08. The van der Waals surface area contributed by atoms with Crippen LogP contribution in [0.2, 0.25) is 0 Å². The highest BCUT2D eigenvalue weighted by atomic mass is 16.5. The molecule has 114 valence electrons. The second kappa shape index (κ2) is 6.94. The number of benzene rings is 1. The van der Waals surface area contributed by atoms with E-state index in [1.54, 1.807) is 0 Å². The number of alkyl carbamates (subject to hydrolysis) is 1. The van der Waals surface area contributed by atoms with Gasteiger partial charge in [-0.25, -0.2) is 9.59 Å². The summed E-state index contributed by atoms with van der Waals surface area (Å²) in [5.41, 5.74) is 0.866. The van der Waals surface area contributed by atoms with Gasteiger partial charge < -0.3 is 25.2 Å². The van der Waals surface area contributed by atoms with Crippen molar-refractivity contribution in [3.05, 3.63) is 35.9 Å². The third-order valence-electron chi connectivity index (χ3n) is 3.46. The minimum absolute atomic E-state index is 0.145. The van der Waals surface area contributed by atoms with Crippen molar-refractivity contribution < 1.29 is 24.5 Å². The predicted molar refractivity (Wildman–Crippen MR) is 73.7 cm³/mol. The van der Waals surface area contributed by atoms with Crippen LogP contribution in [0.3, 0.4) is 0 Å². The van der Waals surface area contributed by atoms with E-state index >= 15 is 0 Å². The molecular weight excluding hydrogens is 276 g/mol. The summed E-state index contributed by atoms with van der Waals surface area (Å²) in [5, 5.41) is 20.8. The van der Waals surface area contributed by atoms with E-state index in [2.05, 4.69) is 5.32 Å². The molecule has 1 aliphatic heterocycles. The van der Waals surface area contributed by atoms with Crippen molar-refractivity contribution in [1.29, 1.82) is 0 Å². The van der Waals surface area contributed by atoms with Crippen LogP contribution in [0.4, 0.5) is 9.59 Å². The van der Waals surface area contributed by atoms with E-state index in [1.165, 1.54) is 4.90 Å². The van der Waals surface area contributed by atoms with Gasteiger partial charge in [0.25, 0.3) is 0 Å². The third kappa shape index (κ3) is 4.09. The Balaban J connectivity index is 1.83. The largest absolute Gasteiger partial charge is 0.465 e. The quantitative estimate of drug-likeness (QED) is 0.765. The van der Waals surface area contributed by atoms with Crippen molar-refractivity contribution >= 4 is 12.2 Å². The molecule has 2 amide bonds. The average Bonchev–Trinajstić information content (AvgIpc) is 2.89. The Labute approximate surface area is 122 Å². The van der Waals surface area contributed by atoms with E-state index < -0.39 is 18.2 Å². The number of nitrogens with one attached hydrogen (secondary N) is 1. The Kier molecular flexibility index (Phi) is 4.99. The highest BCUT2D eigenvalue weighted by molar-refractivity contribution is 5.69. The zero-order valence-electron chi connectivity index (χ0n) is 11.4. The molecule has 0 radical (unpaired) electrons. The van der Waals surface area contributed by atoms with Crippen molar-refractivity contribution in [3.8, 4) is 0 Å². The maximum Gasteiger partial charge on any atom is 0.407 e. The normalized spacial score (nSPS) is 21.1. The fourth-order valence-electron chi connectivity index (χ4n) is 2.29. The SMILES string of the molecule is O=C(NC1CN(C(=O)O)C[C@@H]1CO)OCc1ccccc1. The van der Waals surface area contributed by atoms with E-state index in [9.17, 15) is 14.7 Å². The van der Waals surface area contributed by atoms with Gasteiger partial charge in [0, 0.05) is 25.6 Å². The van der Waals surface area contributed by atoms with Gasteiger partial charge in [0.15, 0.2) is 0 Å². The van der Waals surface area contributed by atoms with E-state index in [-0.39, 0.29) is 32.2 Å². The lowest BCUT2D eigenvalue weighted by Gasteiger charge is -2.17. The number of amides is 2. The van der Waals surface area contributed by atoms with E-state index in [0.717, 1.165) is 5.56 Å². The highest BCUT2D eigenvalue weighted by Crippen LogP contribution is 2.17. The number of aliphatic hydroxyl groups excluding tert-OH is 1. The topological polar surface area (TPSA) is 99.1 Å². The van der Waals surface area contributed by atoms with Crippen LogP contribution < -0.4 is 5.32 Å². The second-order valence-corrected chi connectivity index (χ2v) is 4.94. The van der Waals surface area contributed by atoms with Crippen LogP contribution in [0, 0.1) is 5.92 Å². The molecule has 3 N–H and O–H groups in total. The van der Waals surface area contributed by atoms with E-state index in [0.29, 0.717) is 0 Å². The van der Waals surface area contributed by atoms with Crippen LogP contribution in [0.5, 0.6) is 0 Å². The number of aliphatic hydroxyl groups is 1. The molecule has 1 aliphatic rings. The van der Waals surface area contributed by atoms with Gasteiger partial charge in [-0.05, 0) is 5.56 Å². The monoisotopic (exact) mass is 294 g/mol. The number of ether oxygens (including phenoxy) is 1. The van der Waals surface area contributed by atoms with Gasteiger partial charge in [-0.15, -0.1) is 0 Å². The molecule has 1 unspecified atom stereocenters. The summed E-state index contributed by atoms with van der Waals surface area (Å²) >= 11 is 0. The van der Waals surface area contributed by atoms with Gasteiger partial charge in [-0.3, -0.25) is 0 Å². The first-order valence-corrected chi connectivity index (χ1v) is 6.66. The number of carbonyl (C=O) groups excluding carboxylic acids is 1. The molecule has 0 saturated carbocycles. The van der Waals surface area contributed by atoms with Crippen LogP contribution in [-0.4, -0.2) is 53.0 Å². The van der Waals surface area contributed by atoms with Gasteiger partial charge >= 0.3 is 12.2 Å². The first-order chi connectivity index (χ1) is 10.1. The van der Waals surface area contributed by atoms with Crippen molar-refractivity contribution in [2.45, 2.75) is 12.6 Å². The van der Waals surface area contributed by atoms with Gasteiger partial charge in [0.2, 0.25) is 0 Å². The van der Waals surface area contributed by atoms with Crippen LogP contribution in [0.25, 0.3) is 0 Å². The number of hydrogen-bond acceptors (Lipinski definition) is 4. The summed E-state index contributed by atoms with van der Waals surface area (Å²) in [6, 6.07) is 8.81. The summed E-state index contributed by atoms with van der Waals surface area (Å²) in [4.78, 5) is 23.8. The van der Waals surface area contributed by atoms with E-state index in [4.69, 9.17) is 9.84 Å². The van der Waals surface area contributed by atoms with Crippen molar-refractivity contribution in [2.75, 3.05) is 19.7 Å². The maximum atomic E-state index is 11.7. The van der Waals surface area contributed by atoms with Crippen LogP contribution in [0.1, 0.15) is 5.56 Å².